The molecule has 0 aliphatic heterocycles. The van der Waals surface area contributed by atoms with Crippen molar-refractivity contribution in [2.45, 2.75) is 13.5 Å². The van der Waals surface area contributed by atoms with Gasteiger partial charge in [-0.2, -0.15) is 0 Å². The lowest BCUT2D eigenvalue weighted by atomic mass is 10.2. The van der Waals surface area contributed by atoms with Gasteiger partial charge in [0.15, 0.2) is 0 Å². The standard InChI is InChI=1S/C14H11BrINO4/c1-7-10(14(19)20)5-9(21-7)6-17-13(18)11-4-8(15)2-3-12(11)16/h2-5H,6H2,1H3,(H,17,18)(H,19,20). The van der Waals surface area contributed by atoms with E-state index in [-0.39, 0.29) is 18.0 Å². The first kappa shape index (κ1) is 16.0. The van der Waals surface area contributed by atoms with Crippen LogP contribution in [0.3, 0.4) is 0 Å². The van der Waals surface area contributed by atoms with Crippen LogP contribution < -0.4 is 5.32 Å². The first-order valence-electron chi connectivity index (χ1n) is 5.94. The lowest BCUT2D eigenvalue weighted by Gasteiger charge is -2.06. The van der Waals surface area contributed by atoms with E-state index in [4.69, 9.17) is 9.52 Å². The van der Waals surface area contributed by atoms with E-state index in [0.29, 0.717) is 17.1 Å². The molecule has 1 aromatic carbocycles. The highest BCUT2D eigenvalue weighted by Gasteiger charge is 2.15. The summed E-state index contributed by atoms with van der Waals surface area (Å²) in [7, 11) is 0. The van der Waals surface area contributed by atoms with E-state index in [1.807, 2.05) is 12.1 Å². The van der Waals surface area contributed by atoms with Gasteiger partial charge in [-0.15, -0.1) is 0 Å². The second kappa shape index (κ2) is 6.61. The molecular formula is C14H11BrINO4. The van der Waals surface area contributed by atoms with Crippen LogP contribution >= 0.6 is 38.5 Å². The number of hydrogen-bond acceptors (Lipinski definition) is 3. The van der Waals surface area contributed by atoms with Gasteiger partial charge in [0.25, 0.3) is 5.91 Å². The molecule has 0 saturated heterocycles. The zero-order valence-electron chi connectivity index (χ0n) is 10.9. The predicted molar refractivity (Wildman–Crippen MR) is 88.4 cm³/mol. The number of carbonyl (C=O) groups excluding carboxylic acids is 1. The van der Waals surface area contributed by atoms with E-state index in [1.54, 1.807) is 13.0 Å². The number of halogens is 2. The van der Waals surface area contributed by atoms with Crippen LogP contribution in [0.2, 0.25) is 0 Å². The second-order valence-electron chi connectivity index (χ2n) is 4.29. The van der Waals surface area contributed by atoms with Crippen LogP contribution in [-0.2, 0) is 6.54 Å². The predicted octanol–water partition coefficient (Wildman–Crippen LogP) is 3.58. The summed E-state index contributed by atoms with van der Waals surface area (Å²) in [6.45, 7) is 1.71. The normalized spacial score (nSPS) is 10.4. The van der Waals surface area contributed by atoms with Crippen molar-refractivity contribution >= 4 is 50.4 Å². The molecule has 2 aromatic rings. The molecule has 5 nitrogen and oxygen atoms in total. The highest BCUT2D eigenvalue weighted by atomic mass is 127. The van der Waals surface area contributed by atoms with E-state index in [2.05, 4.69) is 43.8 Å². The smallest absolute Gasteiger partial charge is 0.339 e. The molecule has 0 aliphatic rings. The molecule has 21 heavy (non-hydrogen) atoms. The van der Waals surface area contributed by atoms with Gasteiger partial charge < -0.3 is 14.8 Å². The number of aromatic carboxylic acids is 1. The molecule has 0 bridgehead atoms. The molecule has 1 amide bonds. The Morgan fingerprint density at radius 3 is 2.67 bits per heavy atom. The maximum Gasteiger partial charge on any atom is 0.339 e. The van der Waals surface area contributed by atoms with E-state index < -0.39 is 5.97 Å². The molecule has 0 spiro atoms. The molecule has 7 heteroatoms. The quantitative estimate of drug-likeness (QED) is 0.679. The first-order valence-corrected chi connectivity index (χ1v) is 7.81. The largest absolute Gasteiger partial charge is 0.478 e. The number of hydrogen-bond donors (Lipinski definition) is 2. The average molecular weight is 464 g/mol. The van der Waals surface area contributed by atoms with Crippen molar-refractivity contribution in [2.75, 3.05) is 0 Å². The molecule has 0 atom stereocenters. The first-order chi connectivity index (χ1) is 9.88. The van der Waals surface area contributed by atoms with E-state index >= 15 is 0 Å². The Morgan fingerprint density at radius 2 is 2.05 bits per heavy atom. The van der Waals surface area contributed by atoms with Crippen LogP contribution in [0.5, 0.6) is 0 Å². The summed E-state index contributed by atoms with van der Waals surface area (Å²) < 4.78 is 6.95. The molecule has 2 N–H and O–H groups in total. The lowest BCUT2D eigenvalue weighted by Crippen LogP contribution is -2.23. The number of furan rings is 1. The van der Waals surface area contributed by atoms with E-state index in [1.165, 1.54) is 6.07 Å². The van der Waals surface area contributed by atoms with Crippen molar-refractivity contribution in [3.8, 4) is 0 Å². The van der Waals surface area contributed by atoms with E-state index in [9.17, 15) is 9.59 Å². The monoisotopic (exact) mass is 463 g/mol. The molecule has 110 valence electrons. The third kappa shape index (κ3) is 3.85. The van der Waals surface area contributed by atoms with Gasteiger partial charge in [-0.05, 0) is 53.8 Å². The van der Waals surface area contributed by atoms with Gasteiger partial charge in [-0.25, -0.2) is 4.79 Å². The van der Waals surface area contributed by atoms with Crippen molar-refractivity contribution in [2.24, 2.45) is 0 Å². The molecule has 1 aromatic heterocycles. The summed E-state index contributed by atoms with van der Waals surface area (Å²) in [6.07, 6.45) is 0. The van der Waals surface area contributed by atoms with Crippen molar-refractivity contribution in [3.63, 3.8) is 0 Å². The summed E-state index contributed by atoms with van der Waals surface area (Å²) in [6, 6.07) is 6.84. The van der Waals surface area contributed by atoms with Crippen LogP contribution in [0.25, 0.3) is 0 Å². The number of rotatable bonds is 4. The Hall–Kier alpha value is -1.35. The number of carbonyl (C=O) groups is 2. The maximum absolute atomic E-state index is 12.1. The van der Waals surface area contributed by atoms with Gasteiger partial charge in [-0.3, -0.25) is 4.79 Å². The fourth-order valence-corrected chi connectivity index (χ4v) is 2.72. The number of benzene rings is 1. The topological polar surface area (TPSA) is 79.5 Å². The molecule has 0 radical (unpaired) electrons. The lowest BCUT2D eigenvalue weighted by molar-refractivity contribution is 0.0694. The summed E-state index contributed by atoms with van der Waals surface area (Å²) in [5.74, 6) is -0.561. The van der Waals surface area contributed by atoms with Crippen LogP contribution in [-0.4, -0.2) is 17.0 Å². The Balaban J connectivity index is 2.09. The molecule has 0 saturated carbocycles. The van der Waals surface area contributed by atoms with Crippen molar-refractivity contribution < 1.29 is 19.1 Å². The molecular weight excluding hydrogens is 453 g/mol. The SMILES string of the molecule is Cc1oc(CNC(=O)c2cc(Br)ccc2I)cc1C(=O)O. The number of amides is 1. The molecule has 0 fully saturated rings. The van der Waals surface area contributed by atoms with Gasteiger partial charge in [0, 0.05) is 8.04 Å². The zero-order chi connectivity index (χ0) is 15.6. The Morgan fingerprint density at radius 1 is 1.33 bits per heavy atom. The van der Waals surface area contributed by atoms with Gasteiger partial charge in [0.2, 0.25) is 0 Å². The molecule has 0 unspecified atom stereocenters. The highest BCUT2D eigenvalue weighted by molar-refractivity contribution is 14.1. The minimum absolute atomic E-state index is 0.108. The Labute approximate surface area is 143 Å². The third-order valence-corrected chi connectivity index (χ3v) is 4.23. The third-order valence-electron chi connectivity index (χ3n) is 2.80. The van der Waals surface area contributed by atoms with Crippen molar-refractivity contribution in [1.29, 1.82) is 0 Å². The summed E-state index contributed by atoms with van der Waals surface area (Å²) in [5.41, 5.74) is 0.656. The van der Waals surface area contributed by atoms with Crippen LogP contribution in [0.15, 0.2) is 33.2 Å². The van der Waals surface area contributed by atoms with E-state index in [0.717, 1.165) is 8.04 Å². The summed E-state index contributed by atoms with van der Waals surface area (Å²) in [4.78, 5) is 23.0. The highest BCUT2D eigenvalue weighted by Crippen LogP contribution is 2.19. The Kier molecular flexibility index (Phi) is 5.04. The molecule has 0 aliphatic carbocycles. The number of carboxylic acids is 1. The second-order valence-corrected chi connectivity index (χ2v) is 6.37. The summed E-state index contributed by atoms with van der Waals surface area (Å²) in [5, 5.41) is 11.7. The minimum Gasteiger partial charge on any atom is -0.478 e. The minimum atomic E-state index is -1.05. The van der Waals surface area contributed by atoms with Crippen molar-refractivity contribution in [3.05, 3.63) is 55.0 Å². The van der Waals surface area contributed by atoms with Crippen molar-refractivity contribution in [1.82, 2.24) is 5.32 Å². The average Bonchev–Trinajstić information content (AvgIpc) is 2.80. The fourth-order valence-electron chi connectivity index (χ4n) is 1.78. The van der Waals surface area contributed by atoms with Crippen LogP contribution in [0, 0.1) is 10.5 Å². The molecule has 2 rings (SSSR count). The van der Waals surface area contributed by atoms with Gasteiger partial charge in [-0.1, -0.05) is 15.9 Å². The number of nitrogens with one attached hydrogen (secondary N) is 1. The Bertz CT molecular complexity index is 711. The molecule has 1 heterocycles. The summed E-state index contributed by atoms with van der Waals surface area (Å²) >= 11 is 5.40. The van der Waals surface area contributed by atoms with Crippen LogP contribution in [0.4, 0.5) is 0 Å². The van der Waals surface area contributed by atoms with Crippen LogP contribution in [0.1, 0.15) is 32.2 Å². The van der Waals surface area contributed by atoms with Gasteiger partial charge in [0.1, 0.15) is 17.1 Å². The number of carboxylic acid groups (broad SMARTS) is 1. The van der Waals surface area contributed by atoms with Gasteiger partial charge in [0.05, 0.1) is 12.1 Å². The number of aryl methyl sites for hydroxylation is 1. The maximum atomic E-state index is 12.1. The van der Waals surface area contributed by atoms with Gasteiger partial charge >= 0.3 is 5.97 Å². The fraction of sp³-hybridized carbons (Fsp3) is 0.143. The zero-order valence-corrected chi connectivity index (χ0v) is 14.7.